The summed E-state index contributed by atoms with van der Waals surface area (Å²) in [6, 6.07) is 6.22. The van der Waals surface area contributed by atoms with Gasteiger partial charge in [0, 0.05) is 11.8 Å². The number of methoxy groups -OCH3 is 1. The van der Waals surface area contributed by atoms with Crippen molar-refractivity contribution in [1.82, 2.24) is 4.57 Å². The van der Waals surface area contributed by atoms with E-state index in [-0.39, 0.29) is 39.7 Å². The number of carbonyl (C=O) groups excluding carboxylic acids is 2. The van der Waals surface area contributed by atoms with E-state index < -0.39 is 5.97 Å². The number of carbonyl (C=O) groups is 2. The highest BCUT2D eigenvalue weighted by Gasteiger charge is 2.25. The smallest absolute Gasteiger partial charge is 0.357 e. The summed E-state index contributed by atoms with van der Waals surface area (Å²) < 4.78 is 5.86. The van der Waals surface area contributed by atoms with Crippen LogP contribution in [-0.2, 0) is 4.74 Å². The number of hydrogen-bond donors (Lipinski definition) is 2. The number of benzene rings is 1. The number of ether oxygens (including phenoxy) is 1. The molecule has 0 aliphatic carbocycles. The highest BCUT2D eigenvalue weighted by molar-refractivity contribution is 6.01. The molecular weight excluding hydrogens is 286 g/mol. The molecule has 2 aromatic rings. The summed E-state index contributed by atoms with van der Waals surface area (Å²) >= 11 is 0. The lowest BCUT2D eigenvalue weighted by molar-refractivity contribution is 0.0592. The Morgan fingerprint density at radius 3 is 2.64 bits per heavy atom. The van der Waals surface area contributed by atoms with Gasteiger partial charge in [-0.1, -0.05) is 6.07 Å². The van der Waals surface area contributed by atoms with Gasteiger partial charge in [0.15, 0.2) is 11.5 Å². The molecular formula is C15H13N3O4. The SMILES string of the molecule is COC(=O)c1c(N)c(C#N)cn1-c1c(O)cccc1C(C)=O. The first-order valence-corrected chi connectivity index (χ1v) is 6.24. The van der Waals surface area contributed by atoms with Crippen molar-refractivity contribution in [2.24, 2.45) is 0 Å². The molecule has 0 saturated heterocycles. The number of hydrogen-bond acceptors (Lipinski definition) is 6. The molecule has 0 aliphatic rings. The number of nitrogen functional groups attached to an aromatic ring is 1. The van der Waals surface area contributed by atoms with E-state index in [0.717, 1.165) is 0 Å². The molecule has 0 aliphatic heterocycles. The van der Waals surface area contributed by atoms with Gasteiger partial charge in [-0.2, -0.15) is 5.26 Å². The summed E-state index contributed by atoms with van der Waals surface area (Å²) in [4.78, 5) is 23.7. The number of nitrogens with zero attached hydrogens (tertiary/aromatic N) is 2. The highest BCUT2D eigenvalue weighted by atomic mass is 16.5. The van der Waals surface area contributed by atoms with Gasteiger partial charge in [-0.25, -0.2) is 4.79 Å². The quantitative estimate of drug-likeness (QED) is 0.656. The summed E-state index contributed by atoms with van der Waals surface area (Å²) in [6.07, 6.45) is 1.28. The molecule has 3 N–H and O–H groups in total. The van der Waals surface area contributed by atoms with Gasteiger partial charge in [0.25, 0.3) is 0 Å². The van der Waals surface area contributed by atoms with E-state index in [1.807, 2.05) is 6.07 Å². The van der Waals surface area contributed by atoms with Crippen LogP contribution in [0.4, 0.5) is 5.69 Å². The Balaban J connectivity index is 2.88. The van der Waals surface area contributed by atoms with Gasteiger partial charge in [-0.3, -0.25) is 4.79 Å². The largest absolute Gasteiger partial charge is 0.506 e. The maximum atomic E-state index is 12.0. The number of phenols is 1. The molecule has 1 heterocycles. The Hall–Kier alpha value is -3.27. The maximum Gasteiger partial charge on any atom is 0.357 e. The number of anilines is 1. The number of aromatic nitrogens is 1. The predicted octanol–water partition coefficient (Wildman–Crippen LogP) is 1.63. The Bertz CT molecular complexity index is 815. The van der Waals surface area contributed by atoms with Crippen LogP contribution in [0.5, 0.6) is 5.75 Å². The molecule has 7 nitrogen and oxygen atoms in total. The number of esters is 1. The van der Waals surface area contributed by atoms with E-state index in [1.165, 1.54) is 43.0 Å². The molecule has 0 saturated carbocycles. The first-order valence-electron chi connectivity index (χ1n) is 6.24. The number of rotatable bonds is 3. The zero-order valence-corrected chi connectivity index (χ0v) is 12.0. The molecule has 2 rings (SSSR count). The third kappa shape index (κ3) is 2.27. The Labute approximate surface area is 126 Å². The fourth-order valence-corrected chi connectivity index (χ4v) is 2.16. The number of nitriles is 1. The first kappa shape index (κ1) is 15.1. The van der Waals surface area contributed by atoms with E-state index in [4.69, 9.17) is 11.0 Å². The molecule has 0 atom stereocenters. The van der Waals surface area contributed by atoms with Crippen LogP contribution >= 0.6 is 0 Å². The van der Waals surface area contributed by atoms with Gasteiger partial charge >= 0.3 is 5.97 Å². The molecule has 0 fully saturated rings. The molecule has 0 radical (unpaired) electrons. The molecule has 0 spiro atoms. The van der Waals surface area contributed by atoms with Gasteiger partial charge in [0.2, 0.25) is 0 Å². The second-order valence-corrected chi connectivity index (χ2v) is 4.51. The summed E-state index contributed by atoms with van der Waals surface area (Å²) in [5.41, 5.74) is 5.89. The van der Waals surface area contributed by atoms with Crippen LogP contribution in [0, 0.1) is 11.3 Å². The van der Waals surface area contributed by atoms with Crippen molar-refractivity contribution < 1.29 is 19.4 Å². The lowest BCUT2D eigenvalue weighted by Crippen LogP contribution is -2.13. The van der Waals surface area contributed by atoms with Crippen LogP contribution in [0.25, 0.3) is 5.69 Å². The van der Waals surface area contributed by atoms with Crippen LogP contribution in [0.3, 0.4) is 0 Å². The zero-order valence-electron chi connectivity index (χ0n) is 12.0. The minimum absolute atomic E-state index is 0.0400. The van der Waals surface area contributed by atoms with Gasteiger partial charge in [0.1, 0.15) is 11.8 Å². The van der Waals surface area contributed by atoms with Crippen LogP contribution in [0.2, 0.25) is 0 Å². The Kier molecular flexibility index (Phi) is 3.86. The van der Waals surface area contributed by atoms with Gasteiger partial charge in [-0.05, 0) is 19.1 Å². The Morgan fingerprint density at radius 1 is 1.41 bits per heavy atom. The van der Waals surface area contributed by atoms with E-state index in [2.05, 4.69) is 4.74 Å². The van der Waals surface area contributed by atoms with Crippen LogP contribution in [0.15, 0.2) is 24.4 Å². The normalized spacial score (nSPS) is 10.0. The molecule has 1 aromatic heterocycles. The maximum absolute atomic E-state index is 12.0. The van der Waals surface area contributed by atoms with Crippen LogP contribution < -0.4 is 5.73 Å². The number of nitrogens with two attached hydrogens (primary N) is 1. The van der Waals surface area contributed by atoms with E-state index >= 15 is 0 Å². The van der Waals surface area contributed by atoms with Gasteiger partial charge in [0.05, 0.1) is 24.0 Å². The van der Waals surface area contributed by atoms with E-state index in [0.29, 0.717) is 0 Å². The second-order valence-electron chi connectivity index (χ2n) is 4.51. The average molecular weight is 299 g/mol. The number of phenolic OH excluding ortho intramolecular Hbond substituents is 1. The third-order valence-corrected chi connectivity index (χ3v) is 3.18. The molecule has 7 heteroatoms. The highest BCUT2D eigenvalue weighted by Crippen LogP contribution is 2.32. The van der Waals surface area contributed by atoms with Crippen molar-refractivity contribution >= 4 is 17.4 Å². The fraction of sp³-hybridized carbons (Fsp3) is 0.133. The van der Waals surface area contributed by atoms with Crippen LogP contribution in [-0.4, -0.2) is 28.5 Å². The minimum Gasteiger partial charge on any atom is -0.506 e. The summed E-state index contributed by atoms with van der Waals surface area (Å²) in [7, 11) is 1.17. The van der Waals surface area contributed by atoms with E-state index in [1.54, 1.807) is 0 Å². The molecule has 0 unspecified atom stereocenters. The monoisotopic (exact) mass is 299 g/mol. The van der Waals surface area contributed by atoms with Crippen LogP contribution in [0.1, 0.15) is 33.3 Å². The molecule has 0 amide bonds. The Morgan fingerprint density at radius 2 is 2.09 bits per heavy atom. The van der Waals surface area contributed by atoms with Crippen molar-refractivity contribution in [3.05, 3.63) is 41.2 Å². The number of aromatic hydroxyl groups is 1. The summed E-state index contributed by atoms with van der Waals surface area (Å²) in [5.74, 6) is -1.32. The minimum atomic E-state index is -0.781. The molecule has 22 heavy (non-hydrogen) atoms. The first-order chi connectivity index (χ1) is 10.4. The number of Topliss-reactive ketones (excluding diaryl/α,β-unsaturated/α-hetero) is 1. The standard InChI is InChI=1S/C15H13N3O4/c1-8(19)10-4-3-5-11(20)13(10)18-7-9(6-16)12(17)14(18)15(21)22-2/h3-5,7,20H,17H2,1-2H3. The molecule has 0 bridgehead atoms. The third-order valence-electron chi connectivity index (χ3n) is 3.18. The van der Waals surface area contributed by atoms with Crippen molar-refractivity contribution in [3.8, 4) is 17.5 Å². The van der Waals surface area contributed by atoms with Crippen molar-refractivity contribution in [2.45, 2.75) is 6.92 Å². The fourth-order valence-electron chi connectivity index (χ4n) is 2.16. The van der Waals surface area contributed by atoms with Gasteiger partial charge < -0.3 is 20.1 Å². The molecule has 112 valence electrons. The summed E-state index contributed by atoms with van der Waals surface area (Å²) in [5, 5.41) is 19.2. The average Bonchev–Trinajstić information content (AvgIpc) is 2.82. The van der Waals surface area contributed by atoms with E-state index in [9.17, 15) is 14.7 Å². The zero-order chi connectivity index (χ0) is 16.4. The molecule has 1 aromatic carbocycles. The summed E-state index contributed by atoms with van der Waals surface area (Å²) in [6.45, 7) is 1.33. The second kappa shape index (κ2) is 5.61. The lowest BCUT2D eigenvalue weighted by atomic mass is 10.1. The number of ketones is 1. The van der Waals surface area contributed by atoms with Crippen molar-refractivity contribution in [3.63, 3.8) is 0 Å². The number of para-hydroxylation sites is 1. The predicted molar refractivity (Wildman–Crippen MR) is 77.9 cm³/mol. The van der Waals surface area contributed by atoms with Crippen molar-refractivity contribution in [2.75, 3.05) is 12.8 Å². The topological polar surface area (TPSA) is 118 Å². The van der Waals surface area contributed by atoms with Gasteiger partial charge in [-0.15, -0.1) is 0 Å². The lowest BCUT2D eigenvalue weighted by Gasteiger charge is -2.13. The van der Waals surface area contributed by atoms with Crippen molar-refractivity contribution in [1.29, 1.82) is 5.26 Å².